The van der Waals surface area contributed by atoms with Crippen LogP contribution in [0.4, 0.5) is 11.4 Å². The largest absolute Gasteiger partial charge is 0.384 e. The molecule has 1 aromatic rings. The zero-order valence-electron chi connectivity index (χ0n) is 12.2. The topological polar surface area (TPSA) is 50.4 Å². The van der Waals surface area contributed by atoms with Crippen molar-refractivity contribution in [2.75, 3.05) is 30.9 Å². The number of amides is 1. The SMILES string of the molecule is CCC(=O)Nc1cccc(NCC(C)COC)c1C. The predicted octanol–water partition coefficient (Wildman–Crippen LogP) is 3.04. The van der Waals surface area contributed by atoms with Crippen LogP contribution in [0.5, 0.6) is 0 Å². The Kier molecular flexibility index (Phi) is 6.36. The van der Waals surface area contributed by atoms with Gasteiger partial charge in [-0.05, 0) is 30.5 Å². The van der Waals surface area contributed by atoms with Gasteiger partial charge in [-0.2, -0.15) is 0 Å². The van der Waals surface area contributed by atoms with Crippen LogP contribution < -0.4 is 10.6 Å². The van der Waals surface area contributed by atoms with Crippen molar-refractivity contribution in [2.24, 2.45) is 5.92 Å². The Balaban J connectivity index is 2.69. The fourth-order valence-electron chi connectivity index (χ4n) is 1.83. The maximum Gasteiger partial charge on any atom is 0.224 e. The van der Waals surface area contributed by atoms with Crippen LogP contribution in [0.1, 0.15) is 25.8 Å². The molecule has 1 aromatic carbocycles. The third kappa shape index (κ3) is 4.91. The van der Waals surface area contributed by atoms with E-state index < -0.39 is 0 Å². The summed E-state index contributed by atoms with van der Waals surface area (Å²) in [6, 6.07) is 5.89. The molecule has 1 atom stereocenters. The molecule has 1 amide bonds. The Labute approximate surface area is 115 Å². The molecule has 1 rings (SSSR count). The van der Waals surface area contributed by atoms with Crippen LogP contribution in [0.3, 0.4) is 0 Å². The summed E-state index contributed by atoms with van der Waals surface area (Å²) in [5.41, 5.74) is 2.99. The van der Waals surface area contributed by atoms with E-state index in [1.807, 2.05) is 32.0 Å². The molecule has 0 saturated carbocycles. The molecule has 0 aliphatic heterocycles. The number of methoxy groups -OCH3 is 1. The van der Waals surface area contributed by atoms with Gasteiger partial charge in [0.2, 0.25) is 5.91 Å². The van der Waals surface area contributed by atoms with Gasteiger partial charge < -0.3 is 15.4 Å². The van der Waals surface area contributed by atoms with Crippen LogP contribution in [0.25, 0.3) is 0 Å². The molecule has 4 nitrogen and oxygen atoms in total. The summed E-state index contributed by atoms with van der Waals surface area (Å²) in [6.45, 7) is 7.57. The molecule has 0 aliphatic carbocycles. The molecule has 0 saturated heterocycles. The maximum absolute atomic E-state index is 11.4. The number of ether oxygens (including phenoxy) is 1. The van der Waals surface area contributed by atoms with Gasteiger partial charge in [0.1, 0.15) is 0 Å². The number of nitrogens with one attached hydrogen (secondary N) is 2. The second kappa shape index (κ2) is 7.79. The standard InChI is InChI=1S/C15H24N2O2/c1-5-15(18)17-14-8-6-7-13(12(14)3)16-9-11(2)10-19-4/h6-8,11,16H,5,9-10H2,1-4H3,(H,17,18). The van der Waals surface area contributed by atoms with Gasteiger partial charge in [0, 0.05) is 31.5 Å². The van der Waals surface area contributed by atoms with Gasteiger partial charge in [0.05, 0.1) is 6.61 Å². The quantitative estimate of drug-likeness (QED) is 0.796. The van der Waals surface area contributed by atoms with E-state index in [1.54, 1.807) is 7.11 Å². The first kappa shape index (κ1) is 15.5. The Morgan fingerprint density at radius 2 is 2.05 bits per heavy atom. The van der Waals surface area contributed by atoms with E-state index in [4.69, 9.17) is 4.74 Å². The van der Waals surface area contributed by atoms with Gasteiger partial charge in [-0.25, -0.2) is 0 Å². The van der Waals surface area contributed by atoms with Crippen LogP contribution in [0.2, 0.25) is 0 Å². The summed E-state index contributed by atoms with van der Waals surface area (Å²) in [7, 11) is 1.71. The van der Waals surface area contributed by atoms with Crippen molar-refractivity contribution >= 4 is 17.3 Å². The summed E-state index contributed by atoms with van der Waals surface area (Å²) in [5.74, 6) is 0.478. The van der Waals surface area contributed by atoms with Crippen molar-refractivity contribution in [1.29, 1.82) is 0 Å². The number of hydrogen-bond acceptors (Lipinski definition) is 3. The minimum absolute atomic E-state index is 0.0352. The van der Waals surface area contributed by atoms with Gasteiger partial charge in [0.15, 0.2) is 0 Å². The molecule has 0 radical (unpaired) electrons. The molecule has 0 fully saturated rings. The molecule has 4 heteroatoms. The molecule has 0 aliphatic rings. The molecular weight excluding hydrogens is 240 g/mol. The number of anilines is 2. The lowest BCUT2D eigenvalue weighted by Gasteiger charge is -2.16. The fraction of sp³-hybridized carbons (Fsp3) is 0.533. The first-order valence-electron chi connectivity index (χ1n) is 6.70. The number of rotatable bonds is 7. The lowest BCUT2D eigenvalue weighted by molar-refractivity contribution is -0.115. The van der Waals surface area contributed by atoms with Crippen LogP contribution in [0.15, 0.2) is 18.2 Å². The first-order chi connectivity index (χ1) is 9.08. The number of hydrogen-bond donors (Lipinski definition) is 2. The van der Waals surface area contributed by atoms with Crippen LogP contribution in [-0.2, 0) is 9.53 Å². The Morgan fingerprint density at radius 3 is 2.68 bits per heavy atom. The maximum atomic E-state index is 11.4. The lowest BCUT2D eigenvalue weighted by Crippen LogP contribution is -2.17. The normalized spacial score (nSPS) is 12.0. The second-order valence-corrected chi connectivity index (χ2v) is 4.82. The summed E-state index contributed by atoms with van der Waals surface area (Å²) in [6.07, 6.45) is 0.488. The molecule has 2 N–H and O–H groups in total. The van der Waals surface area contributed by atoms with Crippen LogP contribution >= 0.6 is 0 Å². The van der Waals surface area contributed by atoms with E-state index in [-0.39, 0.29) is 5.91 Å². The third-order valence-electron chi connectivity index (χ3n) is 3.02. The van der Waals surface area contributed by atoms with Gasteiger partial charge >= 0.3 is 0 Å². The zero-order valence-corrected chi connectivity index (χ0v) is 12.2. The number of carbonyl (C=O) groups excluding carboxylic acids is 1. The van der Waals surface area contributed by atoms with E-state index >= 15 is 0 Å². The minimum atomic E-state index is 0.0352. The van der Waals surface area contributed by atoms with Crippen LogP contribution in [-0.4, -0.2) is 26.2 Å². The van der Waals surface area contributed by atoms with Crippen molar-refractivity contribution in [3.8, 4) is 0 Å². The van der Waals surface area contributed by atoms with Crippen molar-refractivity contribution in [3.63, 3.8) is 0 Å². The van der Waals surface area contributed by atoms with Crippen molar-refractivity contribution in [3.05, 3.63) is 23.8 Å². The zero-order chi connectivity index (χ0) is 14.3. The van der Waals surface area contributed by atoms with Crippen LogP contribution in [0, 0.1) is 12.8 Å². The molecule has 19 heavy (non-hydrogen) atoms. The predicted molar refractivity (Wildman–Crippen MR) is 79.6 cm³/mol. The monoisotopic (exact) mass is 264 g/mol. The molecule has 1 unspecified atom stereocenters. The van der Waals surface area contributed by atoms with Gasteiger partial charge in [-0.1, -0.05) is 19.9 Å². The van der Waals surface area contributed by atoms with E-state index in [9.17, 15) is 4.79 Å². The summed E-state index contributed by atoms with van der Waals surface area (Å²) in [5, 5.41) is 6.31. The molecule has 106 valence electrons. The summed E-state index contributed by atoms with van der Waals surface area (Å²) >= 11 is 0. The highest BCUT2D eigenvalue weighted by Gasteiger charge is 2.07. The van der Waals surface area contributed by atoms with E-state index in [0.717, 1.165) is 30.1 Å². The summed E-state index contributed by atoms with van der Waals surface area (Å²) < 4.78 is 5.12. The number of carbonyl (C=O) groups is 1. The van der Waals surface area contributed by atoms with Gasteiger partial charge in [-0.15, -0.1) is 0 Å². The lowest BCUT2D eigenvalue weighted by atomic mass is 10.1. The van der Waals surface area contributed by atoms with Crippen molar-refractivity contribution in [2.45, 2.75) is 27.2 Å². The number of benzene rings is 1. The first-order valence-corrected chi connectivity index (χ1v) is 6.70. The molecule has 0 heterocycles. The highest BCUT2D eigenvalue weighted by molar-refractivity contribution is 5.92. The van der Waals surface area contributed by atoms with Crippen molar-refractivity contribution in [1.82, 2.24) is 0 Å². The van der Waals surface area contributed by atoms with Gasteiger partial charge in [0.25, 0.3) is 0 Å². The third-order valence-corrected chi connectivity index (χ3v) is 3.02. The Bertz CT molecular complexity index is 419. The van der Waals surface area contributed by atoms with Gasteiger partial charge in [-0.3, -0.25) is 4.79 Å². The van der Waals surface area contributed by atoms with E-state index in [0.29, 0.717) is 12.3 Å². The van der Waals surface area contributed by atoms with E-state index in [1.165, 1.54) is 0 Å². The smallest absolute Gasteiger partial charge is 0.224 e. The minimum Gasteiger partial charge on any atom is -0.384 e. The summed E-state index contributed by atoms with van der Waals surface area (Å²) in [4.78, 5) is 11.4. The Morgan fingerprint density at radius 1 is 1.37 bits per heavy atom. The molecule has 0 aromatic heterocycles. The highest BCUT2D eigenvalue weighted by Crippen LogP contribution is 2.23. The average molecular weight is 264 g/mol. The second-order valence-electron chi connectivity index (χ2n) is 4.82. The van der Waals surface area contributed by atoms with E-state index in [2.05, 4.69) is 17.6 Å². The molecular formula is C15H24N2O2. The Hall–Kier alpha value is -1.55. The molecule has 0 spiro atoms. The molecule has 0 bridgehead atoms. The van der Waals surface area contributed by atoms with Crippen molar-refractivity contribution < 1.29 is 9.53 Å². The fourth-order valence-corrected chi connectivity index (χ4v) is 1.83. The average Bonchev–Trinajstić information content (AvgIpc) is 2.40. The highest BCUT2D eigenvalue weighted by atomic mass is 16.5.